The van der Waals surface area contributed by atoms with E-state index in [-0.39, 0.29) is 5.41 Å². The third kappa shape index (κ3) is 4.16. The molecule has 0 atom stereocenters. The topological polar surface area (TPSA) is 59.6 Å². The number of halogens is 2. The highest BCUT2D eigenvalue weighted by Crippen LogP contribution is 2.39. The second-order valence-corrected chi connectivity index (χ2v) is 7.74. The second kappa shape index (κ2) is 7.94. The summed E-state index contributed by atoms with van der Waals surface area (Å²) in [6.45, 7) is 2.96. The van der Waals surface area contributed by atoms with E-state index in [4.69, 9.17) is 33.7 Å². The summed E-state index contributed by atoms with van der Waals surface area (Å²) in [7, 11) is 0. The minimum atomic E-state index is -0.136. The molecule has 1 heterocycles. The van der Waals surface area contributed by atoms with Crippen molar-refractivity contribution in [3.63, 3.8) is 0 Å². The maximum absolute atomic E-state index is 6.48. The van der Waals surface area contributed by atoms with Gasteiger partial charge in [-0.3, -0.25) is 4.99 Å². The van der Waals surface area contributed by atoms with Gasteiger partial charge in [0.1, 0.15) is 0 Å². The summed E-state index contributed by atoms with van der Waals surface area (Å²) in [4.78, 5) is 4.63. The van der Waals surface area contributed by atoms with Gasteiger partial charge in [0.05, 0.1) is 6.54 Å². The molecule has 24 heavy (non-hydrogen) atoms. The lowest BCUT2D eigenvalue weighted by molar-refractivity contribution is 0.0531. The molecule has 0 bridgehead atoms. The van der Waals surface area contributed by atoms with Gasteiger partial charge in [-0.2, -0.15) is 0 Å². The minimum Gasteiger partial charge on any atom is -0.381 e. The number of benzene rings is 1. The van der Waals surface area contributed by atoms with E-state index in [1.165, 1.54) is 19.3 Å². The highest BCUT2D eigenvalue weighted by atomic mass is 35.5. The predicted molar refractivity (Wildman–Crippen MR) is 100 cm³/mol. The fourth-order valence-electron chi connectivity index (χ4n) is 3.43. The van der Waals surface area contributed by atoms with Gasteiger partial charge in [-0.25, -0.2) is 0 Å². The van der Waals surface area contributed by atoms with Gasteiger partial charge in [0.15, 0.2) is 5.96 Å². The molecule has 3 rings (SSSR count). The van der Waals surface area contributed by atoms with Crippen LogP contribution in [0.1, 0.15) is 37.7 Å². The van der Waals surface area contributed by atoms with Gasteiger partial charge in [0.25, 0.3) is 0 Å². The van der Waals surface area contributed by atoms with Gasteiger partial charge in [-0.05, 0) is 49.3 Å². The van der Waals surface area contributed by atoms with Crippen LogP contribution >= 0.6 is 23.2 Å². The van der Waals surface area contributed by atoms with E-state index in [9.17, 15) is 0 Å². The molecule has 1 saturated carbocycles. The first-order valence-corrected chi connectivity index (χ1v) is 9.42. The summed E-state index contributed by atoms with van der Waals surface area (Å²) in [6, 6.07) is 5.71. The number of nitrogens with one attached hydrogen (secondary N) is 1. The van der Waals surface area contributed by atoms with E-state index in [1.807, 2.05) is 12.1 Å². The van der Waals surface area contributed by atoms with Crippen LogP contribution in [-0.2, 0) is 10.2 Å². The number of nitrogens with zero attached hydrogens (tertiary/aromatic N) is 1. The standard InChI is InChI=1S/C18H25Cl2N3O/c19-14-4-5-15(16(20)10-14)18(6-8-24-9-7-18)12-23-17(21)22-11-13-2-1-3-13/h4-5,10,13H,1-3,6-9,11-12H2,(H3,21,22,23). The van der Waals surface area contributed by atoms with Gasteiger partial charge < -0.3 is 15.8 Å². The van der Waals surface area contributed by atoms with Crippen molar-refractivity contribution in [2.75, 3.05) is 26.3 Å². The largest absolute Gasteiger partial charge is 0.381 e. The molecule has 0 unspecified atom stereocenters. The van der Waals surface area contributed by atoms with E-state index in [0.717, 1.165) is 30.9 Å². The lowest BCUT2D eigenvalue weighted by atomic mass is 9.74. The first-order chi connectivity index (χ1) is 11.6. The normalized spacial score (nSPS) is 21.3. The number of ether oxygens (including phenoxy) is 1. The van der Waals surface area contributed by atoms with Crippen LogP contribution in [0, 0.1) is 5.92 Å². The average molecular weight is 370 g/mol. The number of nitrogens with two attached hydrogens (primary N) is 1. The van der Waals surface area contributed by atoms with Crippen molar-refractivity contribution in [1.82, 2.24) is 5.32 Å². The van der Waals surface area contributed by atoms with E-state index in [2.05, 4.69) is 10.3 Å². The van der Waals surface area contributed by atoms with Crippen LogP contribution in [0.3, 0.4) is 0 Å². The highest BCUT2D eigenvalue weighted by Gasteiger charge is 2.36. The fraction of sp³-hybridized carbons (Fsp3) is 0.611. The SMILES string of the molecule is NC(=NCC1(c2ccc(Cl)cc2Cl)CCOCC1)NCC1CCC1. The van der Waals surface area contributed by atoms with Crippen molar-refractivity contribution in [2.45, 2.75) is 37.5 Å². The van der Waals surface area contributed by atoms with Gasteiger partial charge in [-0.15, -0.1) is 0 Å². The Hall–Kier alpha value is -0.970. The number of guanidine groups is 1. The summed E-state index contributed by atoms with van der Waals surface area (Å²) in [5.41, 5.74) is 7.02. The first kappa shape index (κ1) is 17.8. The maximum atomic E-state index is 6.48. The van der Waals surface area contributed by atoms with Crippen LogP contribution in [0.5, 0.6) is 0 Å². The molecule has 4 nitrogen and oxygen atoms in total. The van der Waals surface area contributed by atoms with Crippen molar-refractivity contribution in [3.8, 4) is 0 Å². The first-order valence-electron chi connectivity index (χ1n) is 8.66. The Morgan fingerprint density at radius 3 is 2.67 bits per heavy atom. The van der Waals surface area contributed by atoms with Crippen LogP contribution in [0.25, 0.3) is 0 Å². The van der Waals surface area contributed by atoms with Crippen molar-refractivity contribution >= 4 is 29.2 Å². The predicted octanol–water partition coefficient (Wildman–Crippen LogP) is 3.75. The average Bonchev–Trinajstić information content (AvgIpc) is 2.52. The Morgan fingerprint density at radius 1 is 1.29 bits per heavy atom. The molecule has 1 aliphatic heterocycles. The van der Waals surface area contributed by atoms with Crippen LogP contribution in [0.2, 0.25) is 10.0 Å². The van der Waals surface area contributed by atoms with Gasteiger partial charge in [-0.1, -0.05) is 35.7 Å². The molecule has 3 N–H and O–H groups in total. The Kier molecular flexibility index (Phi) is 5.90. The number of hydrogen-bond donors (Lipinski definition) is 2. The summed E-state index contributed by atoms with van der Waals surface area (Å²) in [5.74, 6) is 1.28. The molecule has 1 aliphatic carbocycles. The smallest absolute Gasteiger partial charge is 0.188 e. The lowest BCUT2D eigenvalue weighted by Crippen LogP contribution is -2.41. The summed E-state index contributed by atoms with van der Waals surface area (Å²) >= 11 is 12.5. The molecule has 1 saturated heterocycles. The third-order valence-corrected chi connectivity index (χ3v) is 5.85. The number of aliphatic imine (C=N–C) groups is 1. The van der Waals surface area contributed by atoms with Crippen LogP contribution in [0.15, 0.2) is 23.2 Å². The number of hydrogen-bond acceptors (Lipinski definition) is 2. The van der Waals surface area contributed by atoms with Crippen molar-refractivity contribution in [3.05, 3.63) is 33.8 Å². The quantitative estimate of drug-likeness (QED) is 0.613. The Bertz CT molecular complexity index is 596. The molecule has 0 aromatic heterocycles. The van der Waals surface area contributed by atoms with Crippen LogP contribution < -0.4 is 11.1 Å². The molecular formula is C18H25Cl2N3O. The Labute approximate surface area is 153 Å². The van der Waals surface area contributed by atoms with Crippen molar-refractivity contribution < 1.29 is 4.74 Å². The van der Waals surface area contributed by atoms with Crippen molar-refractivity contribution in [1.29, 1.82) is 0 Å². The highest BCUT2D eigenvalue weighted by molar-refractivity contribution is 6.35. The maximum Gasteiger partial charge on any atom is 0.188 e. The molecule has 0 spiro atoms. The Balaban J connectivity index is 1.73. The van der Waals surface area contributed by atoms with E-state index >= 15 is 0 Å². The molecule has 0 radical (unpaired) electrons. The zero-order valence-corrected chi connectivity index (χ0v) is 15.4. The second-order valence-electron chi connectivity index (χ2n) is 6.90. The summed E-state index contributed by atoms with van der Waals surface area (Å²) < 4.78 is 5.55. The third-order valence-electron chi connectivity index (χ3n) is 5.30. The molecular weight excluding hydrogens is 345 g/mol. The molecule has 2 aliphatic rings. The molecule has 1 aromatic rings. The number of rotatable bonds is 5. The van der Waals surface area contributed by atoms with Crippen LogP contribution in [-0.4, -0.2) is 32.3 Å². The molecule has 0 amide bonds. The minimum absolute atomic E-state index is 0.136. The molecule has 1 aromatic carbocycles. The summed E-state index contributed by atoms with van der Waals surface area (Å²) in [5, 5.41) is 4.60. The zero-order chi connectivity index (χ0) is 17.0. The van der Waals surface area contributed by atoms with Gasteiger partial charge in [0, 0.05) is 35.2 Å². The van der Waals surface area contributed by atoms with Gasteiger partial charge >= 0.3 is 0 Å². The fourth-order valence-corrected chi connectivity index (χ4v) is 4.04. The molecule has 132 valence electrons. The van der Waals surface area contributed by atoms with E-state index in [0.29, 0.717) is 35.8 Å². The molecule has 6 heteroatoms. The van der Waals surface area contributed by atoms with E-state index in [1.54, 1.807) is 6.07 Å². The lowest BCUT2D eigenvalue weighted by Gasteiger charge is -2.37. The summed E-state index contributed by atoms with van der Waals surface area (Å²) in [6.07, 6.45) is 5.69. The van der Waals surface area contributed by atoms with Crippen LogP contribution in [0.4, 0.5) is 0 Å². The monoisotopic (exact) mass is 369 g/mol. The van der Waals surface area contributed by atoms with Gasteiger partial charge in [0.2, 0.25) is 0 Å². The van der Waals surface area contributed by atoms with Crippen molar-refractivity contribution in [2.24, 2.45) is 16.6 Å². The zero-order valence-electron chi connectivity index (χ0n) is 13.9. The Morgan fingerprint density at radius 2 is 2.04 bits per heavy atom. The van der Waals surface area contributed by atoms with E-state index < -0.39 is 0 Å². The molecule has 2 fully saturated rings.